The Morgan fingerprint density at radius 1 is 1.50 bits per heavy atom. The van der Waals surface area contributed by atoms with Crippen LogP contribution in [0.1, 0.15) is 30.4 Å². The van der Waals surface area contributed by atoms with Crippen molar-refractivity contribution < 1.29 is 13.5 Å². The summed E-state index contributed by atoms with van der Waals surface area (Å²) in [5.41, 5.74) is 0.630. The number of aliphatic hydroxyl groups excluding tert-OH is 1. The van der Waals surface area contributed by atoms with Gasteiger partial charge in [-0.15, -0.1) is 0 Å². The predicted octanol–water partition coefficient (Wildman–Crippen LogP) is 0.517. The van der Waals surface area contributed by atoms with Crippen molar-refractivity contribution in [1.82, 2.24) is 19.3 Å². The van der Waals surface area contributed by atoms with E-state index in [4.69, 9.17) is 0 Å². The summed E-state index contributed by atoms with van der Waals surface area (Å²) in [6.45, 7) is -0.0530. The van der Waals surface area contributed by atoms with Crippen LogP contribution in [0.25, 0.3) is 0 Å². The van der Waals surface area contributed by atoms with Crippen LogP contribution in [0.4, 0.5) is 0 Å². The van der Waals surface area contributed by atoms with Gasteiger partial charge in [-0.1, -0.05) is 0 Å². The van der Waals surface area contributed by atoms with Gasteiger partial charge >= 0.3 is 0 Å². The van der Waals surface area contributed by atoms with Crippen molar-refractivity contribution >= 4 is 10.0 Å². The highest BCUT2D eigenvalue weighted by Gasteiger charge is 2.28. The van der Waals surface area contributed by atoms with Gasteiger partial charge < -0.3 is 14.7 Å². The highest BCUT2D eigenvalue weighted by atomic mass is 32.2. The Hall–Kier alpha value is -1.64. The lowest BCUT2D eigenvalue weighted by atomic mass is 10.4. The van der Waals surface area contributed by atoms with E-state index in [9.17, 15) is 13.5 Å². The second-order valence-electron chi connectivity index (χ2n) is 4.82. The minimum atomic E-state index is -3.60. The number of rotatable bonds is 6. The second kappa shape index (κ2) is 5.04. The van der Waals surface area contributed by atoms with E-state index >= 15 is 0 Å². The Labute approximate surface area is 116 Å². The predicted molar refractivity (Wildman–Crippen MR) is 71.2 cm³/mol. The molecule has 1 saturated carbocycles. The van der Waals surface area contributed by atoms with Gasteiger partial charge in [-0.05, 0) is 18.9 Å². The lowest BCUT2D eigenvalue weighted by Crippen LogP contribution is -2.23. The zero-order chi connectivity index (χ0) is 14.2. The highest BCUT2D eigenvalue weighted by Crippen LogP contribution is 2.37. The summed E-state index contributed by atoms with van der Waals surface area (Å²) in [5, 5.41) is 9.30. The SMILES string of the molecule is O=S(=O)(NCc1ncc[nH]1)c1cc(CO)n(C2CC2)c1. The standard InChI is InChI=1S/C12H16N4O3S/c17-8-10-5-11(7-16(10)9-1-2-9)20(18,19)15-6-12-13-3-4-14-12/h3-5,7,9,15,17H,1-2,6,8H2,(H,13,14). The summed E-state index contributed by atoms with van der Waals surface area (Å²) >= 11 is 0. The van der Waals surface area contributed by atoms with Crippen molar-refractivity contribution in [3.05, 3.63) is 36.2 Å². The summed E-state index contributed by atoms with van der Waals surface area (Å²) in [6, 6.07) is 1.84. The third-order valence-electron chi connectivity index (χ3n) is 3.30. The first-order chi connectivity index (χ1) is 9.60. The number of aromatic amines is 1. The van der Waals surface area contributed by atoms with Crippen LogP contribution in [0.2, 0.25) is 0 Å². The number of nitrogens with one attached hydrogen (secondary N) is 2. The molecule has 0 unspecified atom stereocenters. The largest absolute Gasteiger partial charge is 0.390 e. The lowest BCUT2D eigenvalue weighted by Gasteiger charge is -2.03. The topological polar surface area (TPSA) is 100 Å². The summed E-state index contributed by atoms with van der Waals surface area (Å²) in [6.07, 6.45) is 6.85. The fraction of sp³-hybridized carbons (Fsp3) is 0.417. The molecule has 108 valence electrons. The van der Waals surface area contributed by atoms with E-state index in [-0.39, 0.29) is 18.0 Å². The molecule has 20 heavy (non-hydrogen) atoms. The van der Waals surface area contributed by atoms with Gasteiger partial charge in [0.15, 0.2) is 0 Å². The van der Waals surface area contributed by atoms with E-state index in [2.05, 4.69) is 14.7 Å². The molecule has 2 aromatic heterocycles. The van der Waals surface area contributed by atoms with Crippen LogP contribution in [0.5, 0.6) is 0 Å². The summed E-state index contributed by atoms with van der Waals surface area (Å²) < 4.78 is 28.7. The van der Waals surface area contributed by atoms with Gasteiger partial charge in [0.1, 0.15) is 5.82 Å². The van der Waals surface area contributed by atoms with Crippen LogP contribution in [0, 0.1) is 0 Å². The lowest BCUT2D eigenvalue weighted by molar-refractivity contribution is 0.270. The minimum absolute atomic E-state index is 0.110. The number of hydrogen-bond donors (Lipinski definition) is 3. The molecule has 1 aliphatic rings. The Bertz CT molecular complexity index is 686. The fourth-order valence-electron chi connectivity index (χ4n) is 2.10. The number of H-pyrrole nitrogens is 1. The van der Waals surface area contributed by atoms with Crippen molar-refractivity contribution in [2.45, 2.75) is 36.9 Å². The van der Waals surface area contributed by atoms with E-state index in [1.54, 1.807) is 18.6 Å². The van der Waals surface area contributed by atoms with Crippen LogP contribution >= 0.6 is 0 Å². The van der Waals surface area contributed by atoms with Crippen molar-refractivity contribution in [2.75, 3.05) is 0 Å². The molecule has 7 nitrogen and oxygen atoms in total. The molecule has 0 atom stereocenters. The third-order valence-corrected chi connectivity index (χ3v) is 4.67. The van der Waals surface area contributed by atoms with E-state index in [0.29, 0.717) is 17.6 Å². The number of sulfonamides is 1. The van der Waals surface area contributed by atoms with E-state index in [1.807, 2.05) is 4.57 Å². The van der Waals surface area contributed by atoms with E-state index in [0.717, 1.165) is 12.8 Å². The zero-order valence-electron chi connectivity index (χ0n) is 10.8. The molecule has 3 N–H and O–H groups in total. The van der Waals surface area contributed by atoms with Gasteiger partial charge in [0.25, 0.3) is 0 Å². The average molecular weight is 296 g/mol. The summed E-state index contributed by atoms with van der Waals surface area (Å²) in [5.74, 6) is 0.553. The van der Waals surface area contributed by atoms with Crippen molar-refractivity contribution in [3.63, 3.8) is 0 Å². The molecular weight excluding hydrogens is 280 g/mol. The number of aromatic nitrogens is 3. The number of hydrogen-bond acceptors (Lipinski definition) is 4. The minimum Gasteiger partial charge on any atom is -0.390 e. The maximum absolute atomic E-state index is 12.2. The van der Waals surface area contributed by atoms with Crippen molar-refractivity contribution in [3.8, 4) is 0 Å². The van der Waals surface area contributed by atoms with Gasteiger partial charge in [-0.3, -0.25) is 0 Å². The molecule has 0 radical (unpaired) electrons. The first-order valence-corrected chi connectivity index (χ1v) is 7.88. The molecule has 0 spiro atoms. The van der Waals surface area contributed by atoms with Crippen LogP contribution in [-0.4, -0.2) is 28.1 Å². The number of aliphatic hydroxyl groups is 1. The normalized spacial score (nSPS) is 15.7. The van der Waals surface area contributed by atoms with Crippen LogP contribution in [0.15, 0.2) is 29.6 Å². The Balaban J connectivity index is 1.79. The Morgan fingerprint density at radius 2 is 2.30 bits per heavy atom. The van der Waals surface area contributed by atoms with E-state index < -0.39 is 10.0 Å². The first kappa shape index (κ1) is 13.3. The third kappa shape index (κ3) is 2.62. The average Bonchev–Trinajstić information content (AvgIpc) is 2.98. The number of imidazole rings is 1. The maximum atomic E-state index is 12.2. The van der Waals surface area contributed by atoms with Crippen LogP contribution < -0.4 is 4.72 Å². The fourth-order valence-corrected chi connectivity index (χ4v) is 3.14. The monoisotopic (exact) mass is 296 g/mol. The Kier molecular flexibility index (Phi) is 3.36. The molecule has 0 aromatic carbocycles. The quantitative estimate of drug-likeness (QED) is 0.723. The van der Waals surface area contributed by atoms with E-state index in [1.165, 1.54) is 6.07 Å². The van der Waals surface area contributed by atoms with Gasteiger partial charge in [0.05, 0.1) is 18.0 Å². The molecule has 2 aromatic rings. The molecule has 0 aliphatic heterocycles. The molecular formula is C12H16N4O3S. The summed E-state index contributed by atoms with van der Waals surface area (Å²) in [4.78, 5) is 6.98. The molecule has 1 aliphatic carbocycles. The molecule has 8 heteroatoms. The summed E-state index contributed by atoms with van der Waals surface area (Å²) in [7, 11) is -3.60. The molecule has 3 rings (SSSR count). The van der Waals surface area contributed by atoms with Crippen LogP contribution in [0.3, 0.4) is 0 Å². The van der Waals surface area contributed by atoms with Crippen molar-refractivity contribution in [2.24, 2.45) is 0 Å². The van der Waals surface area contributed by atoms with Gasteiger partial charge in [-0.25, -0.2) is 18.1 Å². The number of nitrogens with zero attached hydrogens (tertiary/aromatic N) is 2. The smallest absolute Gasteiger partial charge is 0.242 e. The van der Waals surface area contributed by atoms with Crippen LogP contribution in [-0.2, 0) is 23.2 Å². The highest BCUT2D eigenvalue weighted by molar-refractivity contribution is 7.89. The van der Waals surface area contributed by atoms with Gasteiger partial charge in [0.2, 0.25) is 10.0 Å². The molecule has 0 amide bonds. The van der Waals surface area contributed by atoms with Gasteiger partial charge in [-0.2, -0.15) is 0 Å². The molecule has 2 heterocycles. The molecule has 0 saturated heterocycles. The molecule has 1 fully saturated rings. The Morgan fingerprint density at radius 3 is 2.90 bits per heavy atom. The molecule has 0 bridgehead atoms. The zero-order valence-corrected chi connectivity index (χ0v) is 11.6. The van der Waals surface area contributed by atoms with Crippen molar-refractivity contribution in [1.29, 1.82) is 0 Å². The maximum Gasteiger partial charge on any atom is 0.242 e. The first-order valence-electron chi connectivity index (χ1n) is 6.39. The van der Waals surface area contributed by atoms with Gasteiger partial charge in [0, 0.05) is 30.3 Å². The second-order valence-corrected chi connectivity index (χ2v) is 6.59.